The van der Waals surface area contributed by atoms with Gasteiger partial charge in [0.15, 0.2) is 5.78 Å². The molecule has 0 aromatic rings. The highest BCUT2D eigenvalue weighted by atomic mass is 16.6. The van der Waals surface area contributed by atoms with Gasteiger partial charge in [0.25, 0.3) is 0 Å². The second kappa shape index (κ2) is 7.78. The Bertz CT molecular complexity index is 729. The van der Waals surface area contributed by atoms with Gasteiger partial charge in [-0.15, -0.1) is 0 Å². The van der Waals surface area contributed by atoms with Gasteiger partial charge in [-0.05, 0) is 39.3 Å². The summed E-state index contributed by atoms with van der Waals surface area (Å²) >= 11 is 0. The van der Waals surface area contributed by atoms with Gasteiger partial charge in [0.2, 0.25) is 0 Å². The van der Waals surface area contributed by atoms with Crippen LogP contribution in [-0.2, 0) is 23.9 Å². The van der Waals surface area contributed by atoms with Crippen LogP contribution in [0.5, 0.6) is 0 Å². The van der Waals surface area contributed by atoms with Gasteiger partial charge < -0.3 is 19.7 Å². The molecule has 5 atom stereocenters. The van der Waals surface area contributed by atoms with Gasteiger partial charge in [-0.1, -0.05) is 12.7 Å². The van der Waals surface area contributed by atoms with E-state index in [1.54, 1.807) is 32.9 Å². The van der Waals surface area contributed by atoms with Crippen molar-refractivity contribution in [2.45, 2.75) is 64.4 Å². The van der Waals surface area contributed by atoms with Crippen LogP contribution in [0, 0.1) is 5.92 Å². The number of hydrogen-bond acceptors (Lipinski definition) is 7. The van der Waals surface area contributed by atoms with E-state index in [0.29, 0.717) is 11.1 Å². The molecule has 2 N–H and O–H groups in total. The van der Waals surface area contributed by atoms with Crippen molar-refractivity contribution < 1.29 is 34.1 Å². The number of allylic oxidation sites excluding steroid dienone is 1. The number of fused-ring (bicyclic) bond motifs is 1. The Labute approximate surface area is 158 Å². The van der Waals surface area contributed by atoms with Crippen LogP contribution in [0.4, 0.5) is 0 Å². The lowest BCUT2D eigenvalue weighted by atomic mass is 9.79. The van der Waals surface area contributed by atoms with E-state index in [9.17, 15) is 24.6 Å². The lowest BCUT2D eigenvalue weighted by Gasteiger charge is -2.33. The van der Waals surface area contributed by atoms with Gasteiger partial charge in [0.05, 0.1) is 12.0 Å². The maximum Gasteiger partial charge on any atom is 0.334 e. The van der Waals surface area contributed by atoms with Gasteiger partial charge in [-0.25, -0.2) is 9.59 Å². The van der Waals surface area contributed by atoms with Crippen LogP contribution < -0.4 is 0 Å². The summed E-state index contributed by atoms with van der Waals surface area (Å²) in [6.07, 6.45) is -0.346. The van der Waals surface area contributed by atoms with E-state index in [1.165, 1.54) is 6.92 Å². The monoisotopic (exact) mass is 378 g/mol. The maximum absolute atomic E-state index is 12.5. The minimum absolute atomic E-state index is 0.0956. The number of rotatable bonds is 2. The topological polar surface area (TPSA) is 110 Å². The summed E-state index contributed by atoms with van der Waals surface area (Å²) in [5, 5.41) is 20.9. The normalized spacial score (nSPS) is 37.2. The number of aliphatic hydroxyl groups excluding tert-OH is 1. The Morgan fingerprint density at radius 3 is 2.67 bits per heavy atom. The van der Waals surface area contributed by atoms with Gasteiger partial charge >= 0.3 is 11.9 Å². The van der Waals surface area contributed by atoms with E-state index in [2.05, 4.69) is 6.58 Å². The highest BCUT2D eigenvalue weighted by Crippen LogP contribution is 2.37. The van der Waals surface area contributed by atoms with Crippen molar-refractivity contribution >= 4 is 17.7 Å². The van der Waals surface area contributed by atoms with Crippen LogP contribution in [0.1, 0.15) is 40.5 Å². The number of ether oxygens (including phenoxy) is 2. The predicted molar refractivity (Wildman–Crippen MR) is 96.4 cm³/mol. The summed E-state index contributed by atoms with van der Waals surface area (Å²) in [5.41, 5.74) is -0.983. The standard InChI is InChI=1S/C20H26O7/c1-6-10(2)18(23)27-15-9-20(5,25)16(22)8-13(21)11(3)7-14-17(15)12(4)19(24)26-14/h6-7,13-15,17,21,25H,4,8-9H2,1-3,5H3/b10-6-,11-7-/t13-,14-,15-,17+,20-/m1/s1. The van der Waals surface area contributed by atoms with Crippen LogP contribution in [0.2, 0.25) is 0 Å². The van der Waals surface area contributed by atoms with Crippen LogP contribution in [-0.4, -0.2) is 51.8 Å². The van der Waals surface area contributed by atoms with Crippen molar-refractivity contribution in [3.63, 3.8) is 0 Å². The molecular formula is C20H26O7. The first-order valence-electron chi connectivity index (χ1n) is 8.83. The number of esters is 2. The third-order valence-electron chi connectivity index (χ3n) is 5.21. The molecule has 0 radical (unpaired) electrons. The minimum atomic E-state index is -1.86. The van der Waals surface area contributed by atoms with Gasteiger partial charge in [-0.3, -0.25) is 4.79 Å². The number of ketones is 1. The van der Waals surface area contributed by atoms with Gasteiger partial charge in [0, 0.05) is 24.0 Å². The highest BCUT2D eigenvalue weighted by Gasteiger charge is 2.48. The quantitative estimate of drug-likeness (QED) is 0.424. The predicted octanol–water partition coefficient (Wildman–Crippen LogP) is 1.38. The smallest absolute Gasteiger partial charge is 0.334 e. The Balaban J connectivity index is 2.52. The molecule has 1 aliphatic heterocycles. The summed E-state index contributed by atoms with van der Waals surface area (Å²) in [6, 6.07) is 0. The zero-order valence-corrected chi connectivity index (χ0v) is 16.0. The van der Waals surface area contributed by atoms with Crippen LogP contribution >= 0.6 is 0 Å². The number of Topliss-reactive ketones (excluding diaryl/α,β-unsaturated/α-hetero) is 1. The molecular weight excluding hydrogens is 352 g/mol. The second-order valence-corrected chi connectivity index (χ2v) is 7.37. The Morgan fingerprint density at radius 1 is 1.44 bits per heavy atom. The summed E-state index contributed by atoms with van der Waals surface area (Å²) in [6.45, 7) is 9.91. The van der Waals surface area contributed by atoms with Crippen molar-refractivity contribution in [1.82, 2.24) is 0 Å². The molecule has 0 aromatic heterocycles. The summed E-state index contributed by atoms with van der Waals surface area (Å²) in [4.78, 5) is 36.8. The average molecular weight is 378 g/mol. The maximum atomic E-state index is 12.5. The molecule has 1 aliphatic carbocycles. The molecule has 0 spiro atoms. The van der Waals surface area contributed by atoms with Crippen molar-refractivity contribution in [2.75, 3.05) is 0 Å². The molecule has 0 bridgehead atoms. The molecule has 0 unspecified atom stereocenters. The van der Waals surface area contributed by atoms with E-state index in [0.717, 1.165) is 0 Å². The van der Waals surface area contributed by atoms with E-state index in [-0.39, 0.29) is 18.4 Å². The molecule has 7 nitrogen and oxygen atoms in total. The van der Waals surface area contributed by atoms with Crippen molar-refractivity contribution in [1.29, 1.82) is 0 Å². The zero-order chi connectivity index (χ0) is 20.5. The molecule has 27 heavy (non-hydrogen) atoms. The molecule has 1 saturated heterocycles. The van der Waals surface area contributed by atoms with Gasteiger partial charge in [-0.2, -0.15) is 0 Å². The van der Waals surface area contributed by atoms with E-state index < -0.39 is 47.6 Å². The fraction of sp³-hybridized carbons (Fsp3) is 0.550. The molecule has 1 heterocycles. The first-order chi connectivity index (χ1) is 12.5. The second-order valence-electron chi connectivity index (χ2n) is 7.37. The lowest BCUT2D eigenvalue weighted by molar-refractivity contribution is -0.156. The van der Waals surface area contributed by atoms with E-state index in [4.69, 9.17) is 9.47 Å². The van der Waals surface area contributed by atoms with E-state index >= 15 is 0 Å². The van der Waals surface area contributed by atoms with Crippen molar-refractivity contribution in [2.24, 2.45) is 5.92 Å². The third kappa shape index (κ3) is 4.36. The van der Waals surface area contributed by atoms with Crippen LogP contribution in [0.3, 0.4) is 0 Å². The molecule has 7 heteroatoms. The lowest BCUT2D eigenvalue weighted by Crippen LogP contribution is -2.46. The Kier molecular flexibility index (Phi) is 6.07. The molecule has 2 aliphatic rings. The SMILES string of the molecule is C=C1C(=O)O[C@@H]2/C=C(/C)[C@H](O)CC(=O)[C@](C)(O)C[C@@H](OC(=O)/C(C)=C\C)[C@@H]12. The number of carbonyl (C=O) groups excluding carboxylic acids is 3. The molecule has 0 amide bonds. The Hall–Kier alpha value is -2.25. The summed E-state index contributed by atoms with van der Waals surface area (Å²) in [7, 11) is 0. The number of aliphatic hydroxyl groups is 2. The van der Waals surface area contributed by atoms with Crippen LogP contribution in [0.15, 0.2) is 35.5 Å². The average Bonchev–Trinajstić information content (AvgIpc) is 2.86. The largest absolute Gasteiger partial charge is 0.458 e. The minimum Gasteiger partial charge on any atom is -0.458 e. The van der Waals surface area contributed by atoms with Crippen LogP contribution in [0.25, 0.3) is 0 Å². The fourth-order valence-corrected chi connectivity index (χ4v) is 3.20. The molecule has 0 aromatic carbocycles. The summed E-state index contributed by atoms with van der Waals surface area (Å²) in [5.74, 6) is -2.61. The molecule has 0 saturated carbocycles. The molecule has 1 fully saturated rings. The first-order valence-corrected chi connectivity index (χ1v) is 8.83. The fourth-order valence-electron chi connectivity index (χ4n) is 3.20. The third-order valence-corrected chi connectivity index (χ3v) is 5.21. The Morgan fingerprint density at radius 2 is 2.07 bits per heavy atom. The number of hydrogen-bond donors (Lipinski definition) is 2. The van der Waals surface area contributed by atoms with Gasteiger partial charge in [0.1, 0.15) is 17.8 Å². The first kappa shape index (κ1) is 21.1. The van der Waals surface area contributed by atoms with E-state index in [1.807, 2.05) is 0 Å². The summed E-state index contributed by atoms with van der Waals surface area (Å²) < 4.78 is 10.9. The van der Waals surface area contributed by atoms with Crippen molar-refractivity contribution in [3.8, 4) is 0 Å². The zero-order valence-electron chi connectivity index (χ0n) is 16.0. The van der Waals surface area contributed by atoms with Crippen molar-refractivity contribution in [3.05, 3.63) is 35.5 Å². The number of carbonyl (C=O) groups is 3. The highest BCUT2D eigenvalue weighted by molar-refractivity contribution is 5.92. The molecule has 2 rings (SSSR count). The molecule has 148 valence electrons.